The number of benzene rings is 1. The highest BCUT2D eigenvalue weighted by molar-refractivity contribution is 5.93. The Kier molecular flexibility index (Phi) is 4.30. The summed E-state index contributed by atoms with van der Waals surface area (Å²) >= 11 is 0. The van der Waals surface area contributed by atoms with Gasteiger partial charge in [-0.1, -0.05) is 6.07 Å². The molecule has 4 rings (SSSR count). The van der Waals surface area contributed by atoms with Gasteiger partial charge in [0.15, 0.2) is 0 Å². The Morgan fingerprint density at radius 2 is 2.12 bits per heavy atom. The molecule has 26 heavy (non-hydrogen) atoms. The summed E-state index contributed by atoms with van der Waals surface area (Å²) in [4.78, 5) is 27.4. The lowest BCUT2D eigenvalue weighted by molar-refractivity contribution is -0.133. The average Bonchev–Trinajstić information content (AvgIpc) is 2.66. The van der Waals surface area contributed by atoms with Gasteiger partial charge in [-0.15, -0.1) is 0 Å². The first kappa shape index (κ1) is 16.5. The van der Waals surface area contributed by atoms with Gasteiger partial charge < -0.3 is 10.1 Å². The Balaban J connectivity index is 1.58. The van der Waals surface area contributed by atoms with Gasteiger partial charge in [0, 0.05) is 24.1 Å². The smallest absolute Gasteiger partial charge is 0.246 e. The maximum absolute atomic E-state index is 11.7. The zero-order valence-corrected chi connectivity index (χ0v) is 14.1. The number of pyridine rings is 1. The number of hydrogen-bond donors (Lipinski definition) is 3. The van der Waals surface area contributed by atoms with Crippen LogP contribution in [0, 0.1) is 5.92 Å². The van der Waals surface area contributed by atoms with Crippen molar-refractivity contribution in [1.29, 1.82) is 0 Å². The summed E-state index contributed by atoms with van der Waals surface area (Å²) in [7, 11) is 0. The third-order valence-electron chi connectivity index (χ3n) is 4.99. The van der Waals surface area contributed by atoms with Gasteiger partial charge in [0.05, 0.1) is 0 Å². The molecule has 2 aliphatic rings. The van der Waals surface area contributed by atoms with E-state index in [1.807, 2.05) is 18.2 Å². The molecule has 2 heterocycles. The highest BCUT2D eigenvalue weighted by Gasteiger charge is 2.25. The number of aromatic nitrogens is 1. The summed E-state index contributed by atoms with van der Waals surface area (Å²) < 4.78 is 6.06. The number of anilines is 1. The molecule has 0 unspecified atom stereocenters. The monoisotopic (exact) mass is 353 g/mol. The Morgan fingerprint density at radius 3 is 2.96 bits per heavy atom. The molecule has 7 heteroatoms. The number of aryl methyl sites for hydroxylation is 1. The summed E-state index contributed by atoms with van der Waals surface area (Å²) in [6.07, 6.45) is 4.70. The molecule has 0 saturated heterocycles. The van der Waals surface area contributed by atoms with Crippen LogP contribution in [0.5, 0.6) is 11.5 Å². The molecule has 2 amide bonds. The van der Waals surface area contributed by atoms with Crippen LogP contribution < -0.4 is 15.5 Å². The lowest BCUT2D eigenvalue weighted by Gasteiger charge is -2.24. The predicted octanol–water partition coefficient (Wildman–Crippen LogP) is 2.37. The van der Waals surface area contributed by atoms with Crippen LogP contribution in [0.4, 0.5) is 5.82 Å². The molecule has 1 aromatic carbocycles. The van der Waals surface area contributed by atoms with Crippen molar-refractivity contribution in [3.8, 4) is 11.5 Å². The minimum absolute atomic E-state index is 0.0378. The fraction of sp³-hybridized carbons (Fsp3) is 0.316. The van der Waals surface area contributed by atoms with E-state index >= 15 is 0 Å². The SMILES string of the molecule is O=C1CCc2c(Oc3ccc4c(c3)C[C@H](C(=O)NO)CC4)ccnc2N1. The molecule has 1 aromatic heterocycles. The number of fused-ring (bicyclic) bond motifs is 2. The molecule has 2 aromatic rings. The predicted molar refractivity (Wildman–Crippen MR) is 93.1 cm³/mol. The first-order valence-electron chi connectivity index (χ1n) is 8.65. The molecule has 1 atom stereocenters. The molecule has 134 valence electrons. The second kappa shape index (κ2) is 6.76. The van der Waals surface area contributed by atoms with Crippen molar-refractivity contribution in [2.75, 3.05) is 5.32 Å². The standard InChI is InChI=1S/C19H19N3O4/c23-17-6-5-15-16(7-8-20-18(15)21-17)26-14-4-3-11-1-2-12(19(24)22-25)9-13(11)10-14/h3-4,7-8,10,12,25H,1-2,5-6,9H2,(H,22,24)(H,20,21,23)/t12-/m1/s1. The molecule has 0 radical (unpaired) electrons. The van der Waals surface area contributed by atoms with Crippen molar-refractivity contribution in [1.82, 2.24) is 10.5 Å². The van der Waals surface area contributed by atoms with E-state index in [0.717, 1.165) is 24.0 Å². The lowest BCUT2D eigenvalue weighted by Crippen LogP contribution is -2.31. The first-order chi connectivity index (χ1) is 12.6. The number of ether oxygens (including phenoxy) is 1. The van der Waals surface area contributed by atoms with E-state index in [1.165, 1.54) is 5.56 Å². The molecular formula is C19H19N3O4. The molecule has 0 fully saturated rings. The average molecular weight is 353 g/mol. The second-order valence-corrected chi connectivity index (χ2v) is 6.63. The minimum atomic E-state index is -0.346. The highest BCUT2D eigenvalue weighted by Crippen LogP contribution is 2.35. The van der Waals surface area contributed by atoms with Gasteiger partial charge in [0.2, 0.25) is 11.8 Å². The largest absolute Gasteiger partial charge is 0.457 e. The van der Waals surface area contributed by atoms with Crippen molar-refractivity contribution in [2.45, 2.75) is 32.1 Å². The van der Waals surface area contributed by atoms with E-state index in [2.05, 4.69) is 10.3 Å². The first-order valence-corrected chi connectivity index (χ1v) is 8.65. The lowest BCUT2D eigenvalue weighted by atomic mass is 9.83. The normalized spacial score (nSPS) is 18.3. The van der Waals surface area contributed by atoms with E-state index in [4.69, 9.17) is 9.94 Å². The van der Waals surface area contributed by atoms with Crippen molar-refractivity contribution < 1.29 is 19.5 Å². The number of nitrogens with one attached hydrogen (secondary N) is 2. The fourth-order valence-corrected chi connectivity index (χ4v) is 3.59. The zero-order chi connectivity index (χ0) is 18.1. The molecule has 0 saturated carbocycles. The maximum atomic E-state index is 11.7. The van der Waals surface area contributed by atoms with E-state index in [0.29, 0.717) is 36.6 Å². The molecule has 0 spiro atoms. The van der Waals surface area contributed by atoms with Crippen LogP contribution in [0.15, 0.2) is 30.5 Å². The van der Waals surface area contributed by atoms with Gasteiger partial charge >= 0.3 is 0 Å². The van der Waals surface area contributed by atoms with Crippen molar-refractivity contribution in [3.63, 3.8) is 0 Å². The van der Waals surface area contributed by atoms with Crippen molar-refractivity contribution in [3.05, 3.63) is 47.2 Å². The van der Waals surface area contributed by atoms with E-state index in [1.54, 1.807) is 17.7 Å². The maximum Gasteiger partial charge on any atom is 0.246 e. The van der Waals surface area contributed by atoms with E-state index in [9.17, 15) is 9.59 Å². The van der Waals surface area contributed by atoms with E-state index < -0.39 is 0 Å². The van der Waals surface area contributed by atoms with Crippen LogP contribution in [0.1, 0.15) is 29.5 Å². The minimum Gasteiger partial charge on any atom is -0.457 e. The fourth-order valence-electron chi connectivity index (χ4n) is 3.59. The van der Waals surface area contributed by atoms with Crippen molar-refractivity contribution in [2.24, 2.45) is 5.92 Å². The quantitative estimate of drug-likeness (QED) is 0.581. The van der Waals surface area contributed by atoms with Crippen LogP contribution in [0.2, 0.25) is 0 Å². The highest BCUT2D eigenvalue weighted by atomic mass is 16.5. The van der Waals surface area contributed by atoms with Gasteiger partial charge in [0.1, 0.15) is 17.3 Å². The third kappa shape index (κ3) is 3.13. The van der Waals surface area contributed by atoms with Crippen LogP contribution in [0.25, 0.3) is 0 Å². The Bertz CT molecular complexity index is 881. The summed E-state index contributed by atoms with van der Waals surface area (Å²) in [6, 6.07) is 7.67. The molecular weight excluding hydrogens is 334 g/mol. The topological polar surface area (TPSA) is 101 Å². The summed E-state index contributed by atoms with van der Waals surface area (Å²) in [5.74, 6) is 1.29. The number of nitrogens with zero attached hydrogens (tertiary/aromatic N) is 1. The Hall–Kier alpha value is -2.93. The molecule has 0 bridgehead atoms. The van der Waals surface area contributed by atoms with Gasteiger partial charge in [-0.3, -0.25) is 14.8 Å². The van der Waals surface area contributed by atoms with E-state index in [-0.39, 0.29) is 17.7 Å². The molecule has 3 N–H and O–H groups in total. The van der Waals surface area contributed by atoms with Gasteiger partial charge in [0.25, 0.3) is 0 Å². The third-order valence-corrected chi connectivity index (χ3v) is 4.99. The summed E-state index contributed by atoms with van der Waals surface area (Å²) in [6.45, 7) is 0. The number of rotatable bonds is 3. The number of carbonyl (C=O) groups is 2. The van der Waals surface area contributed by atoms with Crippen molar-refractivity contribution >= 4 is 17.6 Å². The van der Waals surface area contributed by atoms with Crippen LogP contribution in [-0.2, 0) is 28.9 Å². The molecule has 1 aliphatic heterocycles. The molecule has 7 nitrogen and oxygen atoms in total. The molecule has 1 aliphatic carbocycles. The van der Waals surface area contributed by atoms with Crippen LogP contribution >= 0.6 is 0 Å². The van der Waals surface area contributed by atoms with Gasteiger partial charge in [-0.05, 0) is 55.0 Å². The Morgan fingerprint density at radius 1 is 1.23 bits per heavy atom. The number of hydroxylamine groups is 1. The van der Waals surface area contributed by atoms with Gasteiger partial charge in [-0.2, -0.15) is 0 Å². The second-order valence-electron chi connectivity index (χ2n) is 6.63. The van der Waals surface area contributed by atoms with Crippen LogP contribution in [-0.4, -0.2) is 22.0 Å². The number of carbonyl (C=O) groups excluding carboxylic acids is 2. The Labute approximate surface area is 150 Å². The number of amides is 2. The zero-order valence-electron chi connectivity index (χ0n) is 14.1. The number of hydrogen-bond acceptors (Lipinski definition) is 5. The summed E-state index contributed by atoms with van der Waals surface area (Å²) in [5.41, 5.74) is 4.89. The van der Waals surface area contributed by atoms with Gasteiger partial charge in [-0.25, -0.2) is 10.5 Å². The summed E-state index contributed by atoms with van der Waals surface area (Å²) in [5, 5.41) is 11.6. The van der Waals surface area contributed by atoms with Crippen LogP contribution in [0.3, 0.4) is 0 Å².